The van der Waals surface area contributed by atoms with Gasteiger partial charge >= 0.3 is 0 Å². The highest BCUT2D eigenvalue weighted by atomic mass is 32.2. The number of hydrogen-bond donors (Lipinski definition) is 2. The van der Waals surface area contributed by atoms with Gasteiger partial charge in [-0.2, -0.15) is 4.31 Å². The van der Waals surface area contributed by atoms with E-state index in [0.29, 0.717) is 0 Å². The third-order valence-corrected chi connectivity index (χ3v) is 6.13. The summed E-state index contributed by atoms with van der Waals surface area (Å²) in [5, 5.41) is 5.43. The molecule has 1 aromatic heterocycles. The van der Waals surface area contributed by atoms with Crippen LogP contribution in [0.4, 0.5) is 0 Å². The summed E-state index contributed by atoms with van der Waals surface area (Å²) < 4.78 is 26.6. The smallest absolute Gasteiger partial charge is 0.251 e. The number of carbonyl (C=O) groups is 2. The van der Waals surface area contributed by atoms with Crippen LogP contribution in [0.25, 0.3) is 0 Å². The lowest BCUT2D eigenvalue weighted by Gasteiger charge is -2.26. The number of nitrogens with one attached hydrogen (secondary N) is 2. The van der Waals surface area contributed by atoms with E-state index in [1.54, 1.807) is 30.6 Å². The van der Waals surface area contributed by atoms with Crippen LogP contribution in [0.3, 0.4) is 0 Å². The summed E-state index contributed by atoms with van der Waals surface area (Å²) >= 11 is 0. The Hall–Kier alpha value is -2.78. The first kappa shape index (κ1) is 19.0. The molecule has 2 amide bonds. The highest BCUT2D eigenvalue weighted by Crippen LogP contribution is 2.19. The molecule has 0 saturated carbocycles. The van der Waals surface area contributed by atoms with E-state index in [0.717, 1.165) is 9.87 Å². The minimum atomic E-state index is -3.85. The molecule has 2 N–H and O–H groups in total. The molecule has 3 rings (SSSR count). The molecule has 2 aromatic rings. The fraction of sp³-hybridized carbons (Fsp3) is 0.278. The van der Waals surface area contributed by atoms with Crippen molar-refractivity contribution in [3.8, 4) is 0 Å². The van der Waals surface area contributed by atoms with Crippen molar-refractivity contribution < 1.29 is 18.0 Å². The molecule has 142 valence electrons. The van der Waals surface area contributed by atoms with E-state index in [9.17, 15) is 18.0 Å². The Morgan fingerprint density at radius 2 is 2.00 bits per heavy atom. The SMILES string of the molecule is C[C@H](NC(=O)c1cccc(S(=O)(=O)N2CCNC(=O)C2)c1)c1ccncc1. The van der Waals surface area contributed by atoms with Crippen LogP contribution in [-0.2, 0) is 14.8 Å². The first-order valence-corrected chi connectivity index (χ1v) is 9.89. The van der Waals surface area contributed by atoms with E-state index in [-0.39, 0.29) is 47.9 Å². The van der Waals surface area contributed by atoms with Gasteiger partial charge in [0.15, 0.2) is 0 Å². The summed E-state index contributed by atoms with van der Waals surface area (Å²) in [6.07, 6.45) is 3.28. The number of piperazine rings is 1. The molecule has 0 bridgehead atoms. The molecule has 1 saturated heterocycles. The van der Waals surface area contributed by atoms with Crippen molar-refractivity contribution in [2.75, 3.05) is 19.6 Å². The molecule has 1 aromatic carbocycles. The first-order valence-electron chi connectivity index (χ1n) is 8.45. The number of amides is 2. The van der Waals surface area contributed by atoms with Gasteiger partial charge in [-0.3, -0.25) is 14.6 Å². The minimum absolute atomic E-state index is 0.0126. The lowest BCUT2D eigenvalue weighted by atomic mass is 10.1. The predicted octanol–water partition coefficient (Wildman–Crippen LogP) is 0.693. The van der Waals surface area contributed by atoms with Gasteiger partial charge in [0.1, 0.15) is 0 Å². The number of rotatable bonds is 5. The monoisotopic (exact) mass is 388 g/mol. The van der Waals surface area contributed by atoms with Gasteiger partial charge in [0.2, 0.25) is 15.9 Å². The fourth-order valence-corrected chi connectivity index (χ4v) is 4.23. The van der Waals surface area contributed by atoms with Crippen LogP contribution in [0.1, 0.15) is 28.9 Å². The lowest BCUT2D eigenvalue weighted by Crippen LogP contribution is -2.49. The van der Waals surface area contributed by atoms with E-state index >= 15 is 0 Å². The zero-order valence-electron chi connectivity index (χ0n) is 14.8. The van der Waals surface area contributed by atoms with Crippen LogP contribution in [0.2, 0.25) is 0 Å². The summed E-state index contributed by atoms with van der Waals surface area (Å²) in [6, 6.07) is 9.16. The molecule has 0 unspecified atom stereocenters. The molecule has 9 heteroatoms. The highest BCUT2D eigenvalue weighted by molar-refractivity contribution is 7.89. The average molecular weight is 388 g/mol. The predicted molar refractivity (Wildman–Crippen MR) is 98.3 cm³/mol. The minimum Gasteiger partial charge on any atom is -0.354 e. The Balaban J connectivity index is 1.78. The first-order chi connectivity index (χ1) is 12.9. The quantitative estimate of drug-likeness (QED) is 0.784. The van der Waals surface area contributed by atoms with Crippen molar-refractivity contribution in [1.29, 1.82) is 0 Å². The van der Waals surface area contributed by atoms with Crippen molar-refractivity contribution in [2.24, 2.45) is 0 Å². The summed E-state index contributed by atoms with van der Waals surface area (Å²) in [5.74, 6) is -0.724. The van der Waals surface area contributed by atoms with Crippen LogP contribution in [0.5, 0.6) is 0 Å². The summed E-state index contributed by atoms with van der Waals surface area (Å²) in [5.41, 5.74) is 1.12. The Kier molecular flexibility index (Phi) is 5.52. The second-order valence-corrected chi connectivity index (χ2v) is 8.13. The number of sulfonamides is 1. The summed E-state index contributed by atoms with van der Waals surface area (Å²) in [7, 11) is -3.85. The molecule has 2 heterocycles. The zero-order valence-corrected chi connectivity index (χ0v) is 15.6. The number of aromatic nitrogens is 1. The molecule has 0 radical (unpaired) electrons. The van der Waals surface area contributed by atoms with Gasteiger partial charge in [-0.25, -0.2) is 8.42 Å². The van der Waals surface area contributed by atoms with Crippen LogP contribution in [-0.4, -0.2) is 49.2 Å². The van der Waals surface area contributed by atoms with Gasteiger partial charge in [-0.1, -0.05) is 6.07 Å². The number of benzene rings is 1. The maximum atomic E-state index is 12.8. The molecular weight excluding hydrogens is 368 g/mol. The Bertz CT molecular complexity index is 947. The topological polar surface area (TPSA) is 108 Å². The largest absolute Gasteiger partial charge is 0.354 e. The second-order valence-electron chi connectivity index (χ2n) is 6.19. The van der Waals surface area contributed by atoms with Crippen molar-refractivity contribution in [3.05, 3.63) is 59.9 Å². The summed E-state index contributed by atoms with van der Waals surface area (Å²) in [6.45, 7) is 2.07. The molecular formula is C18H20N4O4S. The summed E-state index contributed by atoms with van der Waals surface area (Å²) in [4.78, 5) is 28.0. The maximum absolute atomic E-state index is 12.8. The Labute approximate surface area is 157 Å². The van der Waals surface area contributed by atoms with E-state index in [4.69, 9.17) is 0 Å². The highest BCUT2D eigenvalue weighted by Gasteiger charge is 2.29. The number of pyridine rings is 1. The van der Waals surface area contributed by atoms with E-state index in [1.807, 2.05) is 6.92 Å². The van der Waals surface area contributed by atoms with E-state index < -0.39 is 10.0 Å². The second kappa shape index (κ2) is 7.85. The molecule has 8 nitrogen and oxygen atoms in total. The molecule has 1 aliphatic heterocycles. The van der Waals surface area contributed by atoms with Crippen molar-refractivity contribution in [2.45, 2.75) is 17.9 Å². The van der Waals surface area contributed by atoms with Gasteiger partial charge < -0.3 is 10.6 Å². The van der Waals surface area contributed by atoms with Crippen LogP contribution >= 0.6 is 0 Å². The van der Waals surface area contributed by atoms with Gasteiger partial charge in [0, 0.05) is 31.0 Å². The molecule has 0 aliphatic carbocycles. The van der Waals surface area contributed by atoms with Crippen molar-refractivity contribution >= 4 is 21.8 Å². The van der Waals surface area contributed by atoms with E-state index in [2.05, 4.69) is 15.6 Å². The van der Waals surface area contributed by atoms with E-state index in [1.165, 1.54) is 18.2 Å². The van der Waals surface area contributed by atoms with Crippen LogP contribution < -0.4 is 10.6 Å². The number of nitrogens with zero attached hydrogens (tertiary/aromatic N) is 2. The van der Waals surface area contributed by atoms with Crippen LogP contribution in [0, 0.1) is 0 Å². The fourth-order valence-electron chi connectivity index (χ4n) is 2.78. The molecule has 1 aliphatic rings. The molecule has 1 fully saturated rings. The Morgan fingerprint density at radius 1 is 1.26 bits per heavy atom. The van der Waals surface area contributed by atoms with Gasteiger partial charge in [0.05, 0.1) is 17.5 Å². The van der Waals surface area contributed by atoms with Gasteiger partial charge in [-0.05, 0) is 42.8 Å². The Morgan fingerprint density at radius 3 is 2.70 bits per heavy atom. The van der Waals surface area contributed by atoms with Crippen molar-refractivity contribution in [1.82, 2.24) is 19.9 Å². The maximum Gasteiger partial charge on any atom is 0.251 e. The molecule has 27 heavy (non-hydrogen) atoms. The lowest BCUT2D eigenvalue weighted by molar-refractivity contribution is -0.122. The molecule has 0 spiro atoms. The normalized spacial score (nSPS) is 16.4. The molecule has 1 atom stereocenters. The third kappa shape index (κ3) is 4.32. The average Bonchev–Trinajstić information content (AvgIpc) is 2.68. The van der Waals surface area contributed by atoms with Crippen LogP contribution in [0.15, 0.2) is 53.7 Å². The van der Waals surface area contributed by atoms with Gasteiger partial charge in [-0.15, -0.1) is 0 Å². The standard InChI is InChI=1S/C18H20N4O4S/c1-13(14-5-7-19-8-6-14)21-18(24)15-3-2-4-16(11-15)27(25,26)22-10-9-20-17(23)12-22/h2-8,11,13H,9-10,12H2,1H3,(H,20,23)(H,21,24)/t13-/m0/s1. The number of carbonyl (C=O) groups excluding carboxylic acids is 2. The third-order valence-electron chi connectivity index (χ3n) is 4.29. The zero-order chi connectivity index (χ0) is 19.4. The number of hydrogen-bond acceptors (Lipinski definition) is 5. The van der Waals surface area contributed by atoms with Gasteiger partial charge in [0.25, 0.3) is 5.91 Å². The van der Waals surface area contributed by atoms with Crippen molar-refractivity contribution in [3.63, 3.8) is 0 Å².